The molecule has 2 aromatic carbocycles. The first-order valence-corrected chi connectivity index (χ1v) is 9.73. The number of rotatable bonds is 1. The molecule has 1 aromatic heterocycles. The van der Waals surface area contributed by atoms with Crippen molar-refractivity contribution < 1.29 is 9.31 Å². The quantitative estimate of drug-likeness (QED) is 0.461. The summed E-state index contributed by atoms with van der Waals surface area (Å²) in [5.41, 5.74) is 3.90. The first-order valence-electron chi connectivity index (χ1n) is 8.91. The fourth-order valence-electron chi connectivity index (χ4n) is 3.57. The van der Waals surface area contributed by atoms with Crippen LogP contribution < -0.4 is 5.46 Å². The Bertz CT molecular complexity index is 1030. The van der Waals surface area contributed by atoms with Gasteiger partial charge in [-0.05, 0) is 68.6 Å². The van der Waals surface area contributed by atoms with Crippen molar-refractivity contribution in [1.82, 2.24) is 4.98 Å². The van der Waals surface area contributed by atoms with E-state index < -0.39 is 0 Å². The van der Waals surface area contributed by atoms with E-state index in [0.29, 0.717) is 0 Å². The molecule has 5 rings (SSSR count). The summed E-state index contributed by atoms with van der Waals surface area (Å²) in [5.74, 6) is 0. The molecule has 5 heteroatoms. The summed E-state index contributed by atoms with van der Waals surface area (Å²) in [7, 11) is -0.343. The Hall–Kier alpha value is -1.82. The molecule has 3 aromatic rings. The zero-order valence-electron chi connectivity index (χ0n) is 15.4. The van der Waals surface area contributed by atoms with E-state index in [4.69, 9.17) is 9.31 Å². The molecule has 0 aliphatic carbocycles. The third-order valence-corrected chi connectivity index (χ3v) is 6.90. The van der Waals surface area contributed by atoms with Crippen LogP contribution in [0.3, 0.4) is 0 Å². The molecule has 2 aliphatic rings. The highest BCUT2D eigenvalue weighted by Crippen LogP contribution is 2.47. The molecule has 3 heterocycles. The molecule has 1 fully saturated rings. The number of pyridine rings is 1. The molecule has 2 aliphatic heterocycles. The smallest absolute Gasteiger partial charge is 0.399 e. The third kappa shape index (κ3) is 2.27. The number of aromatic nitrogens is 1. The zero-order valence-corrected chi connectivity index (χ0v) is 16.2. The zero-order chi connectivity index (χ0) is 18.1. The van der Waals surface area contributed by atoms with Crippen molar-refractivity contribution >= 4 is 35.2 Å². The summed E-state index contributed by atoms with van der Waals surface area (Å²) in [6.07, 6.45) is 1.89. The second-order valence-corrected chi connectivity index (χ2v) is 9.04. The summed E-state index contributed by atoms with van der Waals surface area (Å²) in [4.78, 5) is 7.06. The van der Waals surface area contributed by atoms with Gasteiger partial charge >= 0.3 is 7.12 Å². The van der Waals surface area contributed by atoms with Crippen LogP contribution in [0.2, 0.25) is 0 Å². The van der Waals surface area contributed by atoms with Gasteiger partial charge in [0.1, 0.15) is 0 Å². The monoisotopic (exact) mass is 361 g/mol. The van der Waals surface area contributed by atoms with Crippen LogP contribution in [0.25, 0.3) is 22.0 Å². The lowest BCUT2D eigenvalue weighted by molar-refractivity contribution is 0.00578. The predicted molar refractivity (Wildman–Crippen MR) is 107 cm³/mol. The maximum Gasteiger partial charge on any atom is 0.494 e. The van der Waals surface area contributed by atoms with Crippen molar-refractivity contribution in [2.75, 3.05) is 0 Å². The average Bonchev–Trinajstić information content (AvgIpc) is 2.83. The maximum absolute atomic E-state index is 6.24. The molecule has 0 N–H and O–H groups in total. The van der Waals surface area contributed by atoms with Crippen LogP contribution in [0.1, 0.15) is 27.7 Å². The lowest BCUT2D eigenvalue weighted by Gasteiger charge is -2.32. The van der Waals surface area contributed by atoms with Gasteiger partial charge < -0.3 is 9.31 Å². The van der Waals surface area contributed by atoms with E-state index in [2.05, 4.69) is 75.1 Å². The number of hydrogen-bond acceptors (Lipinski definition) is 4. The first kappa shape index (κ1) is 16.4. The Labute approximate surface area is 158 Å². The van der Waals surface area contributed by atoms with Gasteiger partial charge in [0.05, 0.1) is 16.7 Å². The van der Waals surface area contributed by atoms with Crippen molar-refractivity contribution in [3.63, 3.8) is 0 Å². The molecule has 0 atom stereocenters. The highest BCUT2D eigenvalue weighted by molar-refractivity contribution is 7.99. The molecule has 0 radical (unpaired) electrons. The van der Waals surface area contributed by atoms with Crippen molar-refractivity contribution in [1.29, 1.82) is 0 Å². The lowest BCUT2D eigenvalue weighted by atomic mass is 9.77. The van der Waals surface area contributed by atoms with Crippen LogP contribution in [0.15, 0.2) is 58.5 Å². The Morgan fingerprint density at radius 2 is 1.65 bits per heavy atom. The van der Waals surface area contributed by atoms with Crippen LogP contribution in [0, 0.1) is 0 Å². The van der Waals surface area contributed by atoms with Gasteiger partial charge in [0.25, 0.3) is 0 Å². The summed E-state index contributed by atoms with van der Waals surface area (Å²) < 4.78 is 12.5. The largest absolute Gasteiger partial charge is 0.494 e. The number of hydrogen-bond donors (Lipinski definition) is 0. The molecule has 0 unspecified atom stereocenters. The average molecular weight is 361 g/mol. The third-order valence-electron chi connectivity index (χ3n) is 5.77. The topological polar surface area (TPSA) is 31.4 Å². The minimum atomic E-state index is -0.343. The van der Waals surface area contributed by atoms with E-state index in [1.807, 2.05) is 6.20 Å². The molecule has 26 heavy (non-hydrogen) atoms. The summed E-state index contributed by atoms with van der Waals surface area (Å²) >= 11 is 1.80. The van der Waals surface area contributed by atoms with Gasteiger partial charge in [-0.2, -0.15) is 0 Å². The molecule has 3 nitrogen and oxygen atoms in total. The molecule has 0 saturated carbocycles. The molecule has 1 saturated heterocycles. The first-order chi connectivity index (χ1) is 12.4. The van der Waals surface area contributed by atoms with Crippen molar-refractivity contribution in [2.45, 2.75) is 48.7 Å². The van der Waals surface area contributed by atoms with E-state index >= 15 is 0 Å². The molecule has 0 spiro atoms. The normalized spacial score (nSPS) is 19.6. The van der Waals surface area contributed by atoms with Gasteiger partial charge in [0.2, 0.25) is 0 Å². The fraction of sp³-hybridized carbons (Fsp3) is 0.286. The second kappa shape index (κ2) is 5.35. The predicted octanol–water partition coefficient (Wildman–Crippen LogP) is 4.67. The molecular weight excluding hydrogens is 341 g/mol. The van der Waals surface area contributed by atoms with Gasteiger partial charge in [0, 0.05) is 21.4 Å². The Kier molecular flexibility index (Phi) is 3.37. The summed E-state index contributed by atoms with van der Waals surface area (Å²) in [6, 6.07) is 15.0. The highest BCUT2D eigenvalue weighted by atomic mass is 32.2. The lowest BCUT2D eigenvalue weighted by Crippen LogP contribution is -2.41. The van der Waals surface area contributed by atoms with Crippen molar-refractivity contribution in [2.24, 2.45) is 0 Å². The van der Waals surface area contributed by atoms with Crippen molar-refractivity contribution in [3.05, 3.63) is 48.7 Å². The van der Waals surface area contributed by atoms with E-state index in [9.17, 15) is 0 Å². The van der Waals surface area contributed by atoms with Gasteiger partial charge in [-0.1, -0.05) is 30.0 Å². The second-order valence-electron chi connectivity index (χ2n) is 7.95. The van der Waals surface area contributed by atoms with E-state index in [-0.39, 0.29) is 18.3 Å². The number of benzene rings is 2. The molecular formula is C21H20BNO2S. The number of nitrogens with zero attached hydrogens (tertiary/aromatic N) is 1. The van der Waals surface area contributed by atoms with Gasteiger partial charge in [-0.3, -0.25) is 4.98 Å². The van der Waals surface area contributed by atoms with Crippen LogP contribution >= 0.6 is 11.8 Å². The standard InChI is InChI=1S/C21H20BNO2S/c1-20(2)21(3,4)25-22(24-20)13-8-9-17-15(12-13)14-10-11-23-16-6-5-7-18(26-17)19(14)16/h5-12H,1-4H3. The van der Waals surface area contributed by atoms with Gasteiger partial charge in [0.15, 0.2) is 0 Å². The van der Waals surface area contributed by atoms with Crippen LogP contribution in [0.4, 0.5) is 0 Å². The Balaban J connectivity index is 1.64. The SMILES string of the molecule is CC1(C)OB(c2ccc3c(c2)-c2ccnc4cccc(c24)S3)OC1(C)C. The maximum atomic E-state index is 6.24. The molecule has 0 amide bonds. The van der Waals surface area contributed by atoms with Crippen LogP contribution in [-0.4, -0.2) is 23.3 Å². The minimum absolute atomic E-state index is 0.334. The fourth-order valence-corrected chi connectivity index (χ4v) is 4.69. The van der Waals surface area contributed by atoms with Gasteiger partial charge in [-0.15, -0.1) is 0 Å². The van der Waals surface area contributed by atoms with Crippen LogP contribution in [-0.2, 0) is 9.31 Å². The highest BCUT2D eigenvalue weighted by Gasteiger charge is 2.51. The molecule has 130 valence electrons. The summed E-state index contributed by atoms with van der Waals surface area (Å²) in [6.45, 7) is 8.35. The number of fused-ring (bicyclic) bond motifs is 2. The van der Waals surface area contributed by atoms with E-state index in [1.54, 1.807) is 11.8 Å². The van der Waals surface area contributed by atoms with Crippen LogP contribution in [0.5, 0.6) is 0 Å². The van der Waals surface area contributed by atoms with E-state index in [1.165, 1.54) is 26.3 Å². The van der Waals surface area contributed by atoms with Gasteiger partial charge in [-0.25, -0.2) is 0 Å². The Morgan fingerprint density at radius 3 is 2.42 bits per heavy atom. The minimum Gasteiger partial charge on any atom is -0.399 e. The van der Waals surface area contributed by atoms with E-state index in [0.717, 1.165) is 11.0 Å². The summed E-state index contributed by atoms with van der Waals surface area (Å²) in [5, 5.41) is 1.23. The van der Waals surface area contributed by atoms with Crippen molar-refractivity contribution in [3.8, 4) is 11.1 Å². The Morgan fingerprint density at radius 1 is 0.885 bits per heavy atom. The molecule has 0 bridgehead atoms.